The monoisotopic (exact) mass is 244 g/mol. The summed E-state index contributed by atoms with van der Waals surface area (Å²) >= 11 is 1.31. The minimum Gasteiger partial charge on any atom is -0.479 e. The Morgan fingerprint density at radius 3 is 2.60 bits per heavy atom. The van der Waals surface area contributed by atoms with Crippen molar-refractivity contribution >= 4 is 17.7 Å². The van der Waals surface area contributed by atoms with Crippen molar-refractivity contribution in [2.24, 2.45) is 0 Å². The van der Waals surface area contributed by atoms with Crippen LogP contribution >= 0.6 is 11.8 Å². The van der Waals surface area contributed by atoms with Crippen LogP contribution in [0.3, 0.4) is 0 Å². The van der Waals surface area contributed by atoms with Gasteiger partial charge in [0.1, 0.15) is 6.61 Å². The second-order valence-electron chi connectivity index (χ2n) is 3.36. The van der Waals surface area contributed by atoms with Crippen molar-refractivity contribution in [2.45, 2.75) is 24.6 Å². The average molecular weight is 244 g/mol. The largest absolute Gasteiger partial charge is 0.479 e. The highest BCUT2D eigenvalue weighted by molar-refractivity contribution is 7.99. The summed E-state index contributed by atoms with van der Waals surface area (Å²) in [7, 11) is 0. The minimum absolute atomic E-state index is 0.0818. The summed E-state index contributed by atoms with van der Waals surface area (Å²) in [5, 5.41) is 8.88. The number of carboxylic acid groups (broad SMARTS) is 1. The molecule has 15 heavy (non-hydrogen) atoms. The summed E-state index contributed by atoms with van der Waals surface area (Å²) in [5.74, 6) is -0.457. The van der Waals surface area contributed by atoms with Crippen LogP contribution in [0.25, 0.3) is 0 Å². The Morgan fingerprint density at radius 2 is 2.20 bits per heavy atom. The number of rotatable bonds is 3. The highest BCUT2D eigenvalue weighted by Gasteiger charge is 2.44. The second kappa shape index (κ2) is 4.61. The number of ether oxygens (including phenoxy) is 1. The molecule has 1 unspecified atom stereocenters. The van der Waals surface area contributed by atoms with E-state index in [2.05, 4.69) is 4.74 Å². The van der Waals surface area contributed by atoms with Crippen molar-refractivity contribution in [3.63, 3.8) is 0 Å². The second-order valence-corrected chi connectivity index (χ2v) is 4.46. The van der Waals surface area contributed by atoms with E-state index in [1.165, 1.54) is 11.8 Å². The molecule has 0 radical (unpaired) electrons. The van der Waals surface area contributed by atoms with Crippen molar-refractivity contribution in [2.75, 3.05) is 18.1 Å². The van der Waals surface area contributed by atoms with Gasteiger partial charge in [-0.25, -0.2) is 4.79 Å². The average Bonchev–Trinajstić information content (AvgIpc) is 2.15. The fourth-order valence-corrected chi connectivity index (χ4v) is 2.51. The van der Waals surface area contributed by atoms with E-state index in [1.54, 1.807) is 0 Å². The molecule has 1 N–H and O–H groups in total. The Bertz CT molecular complexity index is 236. The zero-order valence-corrected chi connectivity index (χ0v) is 8.66. The first-order chi connectivity index (χ1) is 6.86. The summed E-state index contributed by atoms with van der Waals surface area (Å²) in [6.45, 7) is -1.50. The first-order valence-electron chi connectivity index (χ1n) is 4.38. The predicted molar refractivity (Wildman–Crippen MR) is 48.9 cm³/mol. The lowest BCUT2D eigenvalue weighted by molar-refractivity contribution is -0.210. The third-order valence-corrected chi connectivity index (χ3v) is 3.35. The van der Waals surface area contributed by atoms with Gasteiger partial charge < -0.3 is 9.84 Å². The molecule has 0 spiro atoms. The number of halogens is 3. The third kappa shape index (κ3) is 3.57. The molecule has 7 heteroatoms. The van der Waals surface area contributed by atoms with E-state index in [1.807, 2.05) is 0 Å². The lowest BCUT2D eigenvalue weighted by atomic mass is 10.00. The number of hydrogen-bond donors (Lipinski definition) is 1. The first-order valence-corrected chi connectivity index (χ1v) is 5.53. The fraction of sp³-hybridized carbons (Fsp3) is 0.875. The molecule has 1 heterocycles. The van der Waals surface area contributed by atoms with Crippen LogP contribution in [0.15, 0.2) is 0 Å². The van der Waals surface area contributed by atoms with E-state index < -0.39 is 24.4 Å². The Morgan fingerprint density at radius 1 is 1.53 bits per heavy atom. The van der Waals surface area contributed by atoms with Gasteiger partial charge >= 0.3 is 12.1 Å². The van der Waals surface area contributed by atoms with Crippen LogP contribution in [0, 0.1) is 0 Å². The quantitative estimate of drug-likeness (QED) is 0.823. The van der Waals surface area contributed by atoms with Gasteiger partial charge in [-0.15, -0.1) is 0 Å². The third-order valence-electron chi connectivity index (χ3n) is 2.11. The molecular formula is C8H11F3O3S. The predicted octanol–water partition coefficient (Wildman–Crippen LogP) is 1.92. The van der Waals surface area contributed by atoms with Crippen LogP contribution in [0.4, 0.5) is 13.2 Å². The number of alkyl halides is 3. The van der Waals surface area contributed by atoms with E-state index in [9.17, 15) is 18.0 Å². The van der Waals surface area contributed by atoms with Crippen LogP contribution in [0.2, 0.25) is 0 Å². The minimum atomic E-state index is -4.48. The number of aliphatic carboxylic acids is 1. The standard InChI is InChI=1S/C8H11F3O3S/c9-8(10,11)4-14-7(6(12)13)2-1-3-15-5-7/h1-5H2,(H,12,13). The van der Waals surface area contributed by atoms with Crippen LogP contribution in [0.5, 0.6) is 0 Å². The van der Waals surface area contributed by atoms with Gasteiger partial charge in [0.05, 0.1) is 0 Å². The van der Waals surface area contributed by atoms with Gasteiger partial charge in [-0.2, -0.15) is 24.9 Å². The van der Waals surface area contributed by atoms with E-state index >= 15 is 0 Å². The molecule has 0 amide bonds. The molecule has 3 nitrogen and oxygen atoms in total. The van der Waals surface area contributed by atoms with Crippen molar-refractivity contribution in [3.05, 3.63) is 0 Å². The summed E-state index contributed by atoms with van der Waals surface area (Å²) in [4.78, 5) is 10.9. The Labute approximate surface area is 89.0 Å². The highest BCUT2D eigenvalue weighted by atomic mass is 32.2. The summed E-state index contributed by atoms with van der Waals surface area (Å²) in [6.07, 6.45) is -3.77. The van der Waals surface area contributed by atoms with Crippen LogP contribution in [-0.4, -0.2) is 41.0 Å². The zero-order valence-electron chi connectivity index (χ0n) is 7.84. The van der Waals surface area contributed by atoms with E-state index in [0.29, 0.717) is 6.42 Å². The summed E-state index contributed by atoms with van der Waals surface area (Å²) < 4.78 is 40.3. The maximum absolute atomic E-state index is 11.9. The molecule has 0 aromatic heterocycles. The van der Waals surface area contributed by atoms with Crippen molar-refractivity contribution in [3.8, 4) is 0 Å². The normalized spacial score (nSPS) is 27.7. The van der Waals surface area contributed by atoms with Crippen molar-refractivity contribution in [1.29, 1.82) is 0 Å². The Kier molecular flexibility index (Phi) is 3.88. The van der Waals surface area contributed by atoms with E-state index in [-0.39, 0.29) is 12.2 Å². The topological polar surface area (TPSA) is 46.5 Å². The van der Waals surface area contributed by atoms with Crippen LogP contribution in [0.1, 0.15) is 12.8 Å². The van der Waals surface area contributed by atoms with Crippen LogP contribution in [-0.2, 0) is 9.53 Å². The molecule has 0 saturated carbocycles. The van der Waals surface area contributed by atoms with Gasteiger partial charge in [-0.1, -0.05) is 0 Å². The Hall–Kier alpha value is -0.430. The molecule has 1 saturated heterocycles. The number of carbonyl (C=O) groups is 1. The van der Waals surface area contributed by atoms with Gasteiger partial charge in [0.2, 0.25) is 0 Å². The fourth-order valence-electron chi connectivity index (χ4n) is 1.33. The zero-order chi connectivity index (χ0) is 11.5. The van der Waals surface area contributed by atoms with Gasteiger partial charge in [-0.05, 0) is 18.6 Å². The molecule has 1 atom stereocenters. The Balaban J connectivity index is 2.61. The maximum Gasteiger partial charge on any atom is 0.411 e. The maximum atomic E-state index is 11.9. The lowest BCUT2D eigenvalue weighted by Gasteiger charge is -2.32. The molecule has 88 valence electrons. The van der Waals surface area contributed by atoms with E-state index in [4.69, 9.17) is 5.11 Å². The van der Waals surface area contributed by atoms with Gasteiger partial charge in [0.15, 0.2) is 5.60 Å². The molecule has 1 aliphatic heterocycles. The first kappa shape index (κ1) is 12.6. The molecule has 1 rings (SSSR count). The molecule has 0 aromatic rings. The van der Waals surface area contributed by atoms with Crippen molar-refractivity contribution in [1.82, 2.24) is 0 Å². The highest BCUT2D eigenvalue weighted by Crippen LogP contribution is 2.32. The number of hydrogen-bond acceptors (Lipinski definition) is 3. The summed E-state index contributed by atoms with van der Waals surface area (Å²) in [5.41, 5.74) is -1.65. The molecule has 0 bridgehead atoms. The van der Waals surface area contributed by atoms with Gasteiger partial charge in [0.25, 0.3) is 0 Å². The molecule has 1 aliphatic rings. The molecule has 1 fully saturated rings. The van der Waals surface area contributed by atoms with E-state index in [0.717, 1.165) is 5.75 Å². The molecule has 0 aromatic carbocycles. The molecule has 0 aliphatic carbocycles. The van der Waals surface area contributed by atoms with Crippen molar-refractivity contribution < 1.29 is 27.8 Å². The van der Waals surface area contributed by atoms with Crippen LogP contribution < -0.4 is 0 Å². The lowest BCUT2D eigenvalue weighted by Crippen LogP contribution is -2.47. The number of thioether (sulfide) groups is 1. The van der Waals surface area contributed by atoms with Gasteiger partial charge in [0, 0.05) is 5.75 Å². The molecular weight excluding hydrogens is 233 g/mol. The summed E-state index contributed by atoms with van der Waals surface area (Å²) in [6, 6.07) is 0. The SMILES string of the molecule is O=C(O)C1(OCC(F)(F)F)CCCSC1. The number of carboxylic acids is 1. The van der Waals surface area contributed by atoms with Gasteiger partial charge in [-0.3, -0.25) is 0 Å². The smallest absolute Gasteiger partial charge is 0.411 e.